The molecular formula is C9H11F4N. The largest absolute Gasteiger partial charge is 0.394 e. The Bertz CT molecular complexity index is 231. The van der Waals surface area contributed by atoms with Crippen molar-refractivity contribution >= 4 is 5.69 Å². The molecule has 0 amide bonds. The SMILES string of the molecule is CC.Cc1c(F)c(F)c(N)c(F)c1F. The fourth-order valence-corrected chi connectivity index (χ4v) is 0.758. The van der Waals surface area contributed by atoms with Gasteiger partial charge in [-0.05, 0) is 6.92 Å². The smallest absolute Gasteiger partial charge is 0.185 e. The van der Waals surface area contributed by atoms with Gasteiger partial charge in [-0.2, -0.15) is 0 Å². The molecular weight excluding hydrogens is 198 g/mol. The zero-order valence-electron chi connectivity index (χ0n) is 8.09. The van der Waals surface area contributed by atoms with Gasteiger partial charge in [0.25, 0.3) is 0 Å². The molecule has 2 N–H and O–H groups in total. The Morgan fingerprint density at radius 3 is 1.36 bits per heavy atom. The van der Waals surface area contributed by atoms with E-state index >= 15 is 0 Å². The maximum atomic E-state index is 12.6. The van der Waals surface area contributed by atoms with Gasteiger partial charge in [-0.15, -0.1) is 0 Å². The van der Waals surface area contributed by atoms with E-state index in [1.54, 1.807) is 0 Å². The number of benzene rings is 1. The van der Waals surface area contributed by atoms with E-state index in [0.717, 1.165) is 6.92 Å². The Morgan fingerprint density at radius 1 is 0.786 bits per heavy atom. The fraction of sp³-hybridized carbons (Fsp3) is 0.333. The number of nitrogens with two attached hydrogens (primary N) is 1. The number of anilines is 1. The van der Waals surface area contributed by atoms with Gasteiger partial charge in [-0.3, -0.25) is 0 Å². The second-order valence-electron chi connectivity index (χ2n) is 2.29. The summed E-state index contributed by atoms with van der Waals surface area (Å²) in [5, 5.41) is 0. The molecule has 0 aliphatic heterocycles. The van der Waals surface area contributed by atoms with Crippen LogP contribution >= 0.6 is 0 Å². The lowest BCUT2D eigenvalue weighted by Crippen LogP contribution is -2.05. The third-order valence-corrected chi connectivity index (χ3v) is 1.52. The molecule has 0 atom stereocenters. The summed E-state index contributed by atoms with van der Waals surface area (Å²) in [5.41, 5.74) is 2.88. The molecule has 0 radical (unpaired) electrons. The normalized spacial score (nSPS) is 9.36. The van der Waals surface area contributed by atoms with E-state index in [2.05, 4.69) is 0 Å². The van der Waals surface area contributed by atoms with Crippen LogP contribution in [0.15, 0.2) is 0 Å². The van der Waals surface area contributed by atoms with Gasteiger partial charge in [0.05, 0.1) is 0 Å². The molecule has 0 bridgehead atoms. The predicted octanol–water partition coefficient (Wildman–Crippen LogP) is 3.16. The Kier molecular flexibility index (Phi) is 4.40. The van der Waals surface area contributed by atoms with Crippen molar-refractivity contribution in [2.45, 2.75) is 20.8 Å². The highest BCUT2D eigenvalue weighted by Gasteiger charge is 2.20. The molecule has 0 saturated heterocycles. The van der Waals surface area contributed by atoms with E-state index in [1.807, 2.05) is 13.8 Å². The van der Waals surface area contributed by atoms with Gasteiger partial charge in [0.2, 0.25) is 0 Å². The lowest BCUT2D eigenvalue weighted by molar-refractivity contribution is 0.451. The van der Waals surface area contributed by atoms with Crippen LogP contribution in [0.2, 0.25) is 0 Å². The minimum Gasteiger partial charge on any atom is -0.394 e. The minimum atomic E-state index is -1.55. The van der Waals surface area contributed by atoms with E-state index < -0.39 is 34.5 Å². The summed E-state index contributed by atoms with van der Waals surface area (Å²) >= 11 is 0. The van der Waals surface area contributed by atoms with Crippen LogP contribution in [0.4, 0.5) is 23.2 Å². The zero-order chi connectivity index (χ0) is 11.5. The lowest BCUT2D eigenvalue weighted by atomic mass is 10.2. The first-order valence-electron chi connectivity index (χ1n) is 4.04. The van der Waals surface area contributed by atoms with Crippen LogP contribution in [0.1, 0.15) is 19.4 Å². The molecule has 80 valence electrons. The zero-order valence-corrected chi connectivity index (χ0v) is 8.09. The van der Waals surface area contributed by atoms with Crippen LogP contribution in [0, 0.1) is 30.2 Å². The molecule has 0 saturated carbocycles. The summed E-state index contributed by atoms with van der Waals surface area (Å²) in [7, 11) is 0. The Hall–Kier alpha value is -1.26. The third kappa shape index (κ3) is 1.97. The molecule has 1 aromatic rings. The van der Waals surface area contributed by atoms with Crippen molar-refractivity contribution < 1.29 is 17.6 Å². The van der Waals surface area contributed by atoms with Crippen LogP contribution in [0.3, 0.4) is 0 Å². The summed E-state index contributed by atoms with van der Waals surface area (Å²) in [4.78, 5) is 0. The molecule has 0 heterocycles. The van der Waals surface area contributed by atoms with Crippen LogP contribution in [0.25, 0.3) is 0 Å². The predicted molar refractivity (Wildman–Crippen MR) is 46.8 cm³/mol. The van der Waals surface area contributed by atoms with Crippen molar-refractivity contribution in [3.63, 3.8) is 0 Å². The van der Waals surface area contributed by atoms with Crippen molar-refractivity contribution in [3.05, 3.63) is 28.8 Å². The summed E-state index contributed by atoms with van der Waals surface area (Å²) < 4.78 is 50.2. The van der Waals surface area contributed by atoms with Gasteiger partial charge >= 0.3 is 0 Å². The van der Waals surface area contributed by atoms with Crippen molar-refractivity contribution in [2.24, 2.45) is 0 Å². The molecule has 0 unspecified atom stereocenters. The van der Waals surface area contributed by atoms with E-state index in [1.165, 1.54) is 0 Å². The number of rotatable bonds is 0. The van der Waals surface area contributed by atoms with E-state index in [-0.39, 0.29) is 0 Å². The van der Waals surface area contributed by atoms with Gasteiger partial charge in [0.1, 0.15) is 5.69 Å². The Labute approximate surface area is 79.5 Å². The number of hydrogen-bond acceptors (Lipinski definition) is 1. The first-order chi connectivity index (χ1) is 6.46. The Balaban J connectivity index is 0.000000791. The summed E-state index contributed by atoms with van der Waals surface area (Å²) in [6, 6.07) is 0. The summed E-state index contributed by atoms with van der Waals surface area (Å²) in [6.45, 7) is 4.93. The molecule has 0 aliphatic carbocycles. The monoisotopic (exact) mass is 209 g/mol. The molecule has 1 rings (SSSR count). The van der Waals surface area contributed by atoms with E-state index in [0.29, 0.717) is 0 Å². The van der Waals surface area contributed by atoms with Crippen LogP contribution < -0.4 is 5.73 Å². The highest BCUT2D eigenvalue weighted by Crippen LogP contribution is 2.24. The second-order valence-corrected chi connectivity index (χ2v) is 2.29. The standard InChI is InChI=1S/C7H5F4N.C2H6/c1-2-3(8)5(10)7(12)6(11)4(2)9;1-2/h12H2,1H3;1-2H3. The molecule has 0 aliphatic rings. The van der Waals surface area contributed by atoms with Crippen molar-refractivity contribution in [3.8, 4) is 0 Å². The molecule has 0 aromatic heterocycles. The van der Waals surface area contributed by atoms with Gasteiger partial charge in [0, 0.05) is 5.56 Å². The lowest BCUT2D eigenvalue weighted by Gasteiger charge is -2.04. The number of nitrogen functional groups attached to an aromatic ring is 1. The molecule has 5 heteroatoms. The minimum absolute atomic E-state index is 0.709. The average Bonchev–Trinajstić information content (AvgIpc) is 2.24. The molecule has 0 fully saturated rings. The van der Waals surface area contributed by atoms with Gasteiger partial charge in [-0.1, -0.05) is 13.8 Å². The maximum absolute atomic E-state index is 12.6. The highest BCUT2D eigenvalue weighted by molar-refractivity contribution is 5.44. The third-order valence-electron chi connectivity index (χ3n) is 1.52. The summed E-state index contributed by atoms with van der Waals surface area (Å²) in [6.07, 6.45) is 0. The van der Waals surface area contributed by atoms with Gasteiger partial charge < -0.3 is 5.73 Å². The van der Waals surface area contributed by atoms with Crippen LogP contribution in [-0.2, 0) is 0 Å². The van der Waals surface area contributed by atoms with Gasteiger partial charge in [0.15, 0.2) is 23.3 Å². The number of halogens is 4. The van der Waals surface area contributed by atoms with Gasteiger partial charge in [-0.25, -0.2) is 17.6 Å². The molecule has 0 spiro atoms. The van der Waals surface area contributed by atoms with E-state index in [4.69, 9.17) is 5.73 Å². The first kappa shape index (κ1) is 12.7. The van der Waals surface area contributed by atoms with Crippen molar-refractivity contribution in [1.29, 1.82) is 0 Å². The van der Waals surface area contributed by atoms with Crippen molar-refractivity contribution in [1.82, 2.24) is 0 Å². The molecule has 1 aromatic carbocycles. The fourth-order valence-electron chi connectivity index (χ4n) is 0.758. The maximum Gasteiger partial charge on any atom is 0.185 e. The molecule has 1 nitrogen and oxygen atoms in total. The average molecular weight is 209 g/mol. The summed E-state index contributed by atoms with van der Waals surface area (Å²) in [5.74, 6) is -6.00. The first-order valence-corrected chi connectivity index (χ1v) is 4.04. The van der Waals surface area contributed by atoms with Crippen molar-refractivity contribution in [2.75, 3.05) is 5.73 Å². The molecule has 14 heavy (non-hydrogen) atoms. The Morgan fingerprint density at radius 2 is 1.07 bits per heavy atom. The number of hydrogen-bond donors (Lipinski definition) is 1. The second kappa shape index (κ2) is 4.83. The quantitative estimate of drug-likeness (QED) is 0.396. The van der Waals surface area contributed by atoms with E-state index in [9.17, 15) is 17.6 Å². The van der Waals surface area contributed by atoms with Crippen LogP contribution in [0.5, 0.6) is 0 Å². The highest BCUT2D eigenvalue weighted by atomic mass is 19.2. The van der Waals surface area contributed by atoms with Crippen LogP contribution in [-0.4, -0.2) is 0 Å². The topological polar surface area (TPSA) is 26.0 Å².